The fraction of sp³-hybridized carbons (Fsp3) is 0.0714. The van der Waals surface area contributed by atoms with E-state index in [2.05, 4.69) is 27.0 Å². The lowest BCUT2D eigenvalue weighted by molar-refractivity contribution is 0.249. The van der Waals surface area contributed by atoms with Gasteiger partial charge in [0.1, 0.15) is 0 Å². The van der Waals surface area contributed by atoms with Crippen LogP contribution in [0.5, 0.6) is 0 Å². The number of fused-ring (bicyclic) bond motifs is 1. The fourth-order valence-electron chi connectivity index (χ4n) is 1.76. The lowest BCUT2D eigenvalue weighted by Gasteiger charge is -1.93. The van der Waals surface area contributed by atoms with Gasteiger partial charge in [-0.1, -0.05) is 23.9 Å². The summed E-state index contributed by atoms with van der Waals surface area (Å²) in [7, 11) is 0. The first-order chi connectivity index (χ1) is 10.7. The molecule has 0 aliphatic carbocycles. The number of nitrogens with zero attached hydrogens (tertiary/aromatic N) is 2. The number of thiazole rings is 1. The smallest absolute Gasteiger partial charge is 0.332 e. The van der Waals surface area contributed by atoms with Crippen molar-refractivity contribution in [2.45, 2.75) is 10.1 Å². The molecular formula is C14H12N4OS3. The Morgan fingerprint density at radius 3 is 3.14 bits per heavy atom. The monoisotopic (exact) mass is 348 g/mol. The Kier molecular flexibility index (Phi) is 4.71. The van der Waals surface area contributed by atoms with E-state index >= 15 is 0 Å². The summed E-state index contributed by atoms with van der Waals surface area (Å²) in [5, 5.41) is 5.82. The molecule has 0 aliphatic heterocycles. The number of hydrogen-bond acceptors (Lipinski definition) is 6. The van der Waals surface area contributed by atoms with Crippen LogP contribution in [0.15, 0.2) is 45.2 Å². The van der Waals surface area contributed by atoms with Gasteiger partial charge in [-0.05, 0) is 29.1 Å². The molecule has 0 radical (unpaired) electrons. The number of primary amides is 1. The second-order valence-corrected chi connectivity index (χ2v) is 7.52. The summed E-state index contributed by atoms with van der Waals surface area (Å²) in [4.78, 5) is 16.1. The molecule has 5 nitrogen and oxygen atoms in total. The van der Waals surface area contributed by atoms with Gasteiger partial charge in [0, 0.05) is 10.6 Å². The predicted octanol–water partition coefficient (Wildman–Crippen LogP) is 3.65. The molecule has 0 unspecified atom stereocenters. The molecule has 3 aromatic rings. The Morgan fingerprint density at radius 1 is 1.45 bits per heavy atom. The highest BCUT2D eigenvalue weighted by atomic mass is 32.2. The second-order valence-electron chi connectivity index (χ2n) is 4.33. The molecule has 1 aromatic carbocycles. The zero-order valence-electron chi connectivity index (χ0n) is 11.4. The number of aromatic nitrogens is 1. The van der Waals surface area contributed by atoms with Crippen molar-refractivity contribution >= 4 is 56.9 Å². The van der Waals surface area contributed by atoms with Gasteiger partial charge in [-0.15, -0.1) is 22.7 Å². The summed E-state index contributed by atoms with van der Waals surface area (Å²) in [6.45, 7) is 0. The normalized spacial score (nSPS) is 11.3. The van der Waals surface area contributed by atoms with Crippen LogP contribution in [0.3, 0.4) is 0 Å². The van der Waals surface area contributed by atoms with E-state index in [-0.39, 0.29) is 0 Å². The van der Waals surface area contributed by atoms with Crippen molar-refractivity contribution in [3.05, 3.63) is 46.2 Å². The van der Waals surface area contributed by atoms with E-state index in [0.717, 1.165) is 20.5 Å². The van der Waals surface area contributed by atoms with Crippen molar-refractivity contribution in [3.63, 3.8) is 0 Å². The third kappa shape index (κ3) is 3.85. The molecule has 2 heterocycles. The first-order valence-electron chi connectivity index (χ1n) is 6.35. The lowest BCUT2D eigenvalue weighted by atomic mass is 10.3. The van der Waals surface area contributed by atoms with Gasteiger partial charge in [-0.25, -0.2) is 15.2 Å². The van der Waals surface area contributed by atoms with E-state index in [9.17, 15) is 4.79 Å². The van der Waals surface area contributed by atoms with Crippen molar-refractivity contribution in [1.82, 2.24) is 10.4 Å². The number of carbonyl (C=O) groups is 1. The van der Waals surface area contributed by atoms with Crippen LogP contribution in [-0.2, 0) is 5.75 Å². The highest BCUT2D eigenvalue weighted by Crippen LogP contribution is 2.32. The lowest BCUT2D eigenvalue weighted by Crippen LogP contribution is -2.24. The highest BCUT2D eigenvalue weighted by Gasteiger charge is 2.05. The molecule has 3 N–H and O–H groups in total. The largest absolute Gasteiger partial charge is 0.350 e. The Bertz CT molecular complexity index is 791. The number of carbonyl (C=O) groups excluding carboxylic acids is 1. The summed E-state index contributed by atoms with van der Waals surface area (Å²) in [6, 6.07) is 9.51. The fourth-order valence-corrected chi connectivity index (χ4v) is 4.63. The summed E-state index contributed by atoms with van der Waals surface area (Å²) < 4.78 is 2.28. The van der Waals surface area contributed by atoms with E-state index in [4.69, 9.17) is 5.73 Å². The highest BCUT2D eigenvalue weighted by molar-refractivity contribution is 8.00. The van der Waals surface area contributed by atoms with Gasteiger partial charge in [0.15, 0.2) is 4.34 Å². The summed E-state index contributed by atoms with van der Waals surface area (Å²) in [6.07, 6.45) is 1.58. The molecule has 0 saturated carbocycles. The molecule has 2 amide bonds. The van der Waals surface area contributed by atoms with E-state index in [0.29, 0.717) is 0 Å². The Labute approximate surface area is 139 Å². The van der Waals surface area contributed by atoms with Crippen molar-refractivity contribution < 1.29 is 4.79 Å². The third-order valence-electron chi connectivity index (χ3n) is 2.68. The average Bonchev–Trinajstić information content (AvgIpc) is 3.10. The molecule has 3 rings (SSSR count). The molecule has 22 heavy (non-hydrogen) atoms. The van der Waals surface area contributed by atoms with E-state index in [1.807, 2.05) is 24.3 Å². The first-order valence-corrected chi connectivity index (χ1v) is 9.03. The molecule has 0 saturated heterocycles. The number of thiophene rings is 1. The zero-order valence-corrected chi connectivity index (χ0v) is 13.8. The minimum Gasteiger partial charge on any atom is -0.350 e. The number of rotatable bonds is 5. The van der Waals surface area contributed by atoms with Gasteiger partial charge < -0.3 is 5.73 Å². The SMILES string of the molecule is NC(=O)N/N=C\c1cc(CSc2nc3ccccc3s2)cs1. The van der Waals surface area contributed by atoms with Gasteiger partial charge in [0.2, 0.25) is 0 Å². The number of benzene rings is 1. The quantitative estimate of drug-likeness (QED) is 0.419. The van der Waals surface area contributed by atoms with Gasteiger partial charge in [0.05, 0.1) is 16.4 Å². The van der Waals surface area contributed by atoms with E-state index in [1.165, 1.54) is 10.3 Å². The van der Waals surface area contributed by atoms with Gasteiger partial charge >= 0.3 is 6.03 Å². The third-order valence-corrected chi connectivity index (χ3v) is 5.84. The van der Waals surface area contributed by atoms with Crippen molar-refractivity contribution in [1.29, 1.82) is 0 Å². The summed E-state index contributed by atoms with van der Waals surface area (Å²) in [5.74, 6) is 0.855. The van der Waals surface area contributed by atoms with Crippen molar-refractivity contribution in [3.8, 4) is 0 Å². The standard InChI is InChI=1S/C14H12N4OS3/c15-13(19)18-16-6-10-5-9(7-20-10)8-21-14-17-11-3-1-2-4-12(11)22-14/h1-7H,8H2,(H3,15,18,19)/b16-6-. The Hall–Kier alpha value is -1.90. The molecule has 0 aliphatic rings. The van der Waals surface area contributed by atoms with Crippen molar-refractivity contribution in [2.24, 2.45) is 10.8 Å². The first kappa shape index (κ1) is 15.0. The topological polar surface area (TPSA) is 80.4 Å². The molecular weight excluding hydrogens is 336 g/mol. The van der Waals surface area contributed by atoms with Crippen LogP contribution in [0.2, 0.25) is 0 Å². The summed E-state index contributed by atoms with van der Waals surface area (Å²) >= 11 is 5.00. The molecule has 0 atom stereocenters. The van der Waals surface area contributed by atoms with Crippen LogP contribution in [-0.4, -0.2) is 17.2 Å². The molecule has 0 fully saturated rings. The molecule has 2 aromatic heterocycles. The van der Waals surface area contributed by atoms with Crippen LogP contribution in [0.4, 0.5) is 4.79 Å². The van der Waals surface area contributed by atoms with Crippen LogP contribution in [0.25, 0.3) is 10.2 Å². The molecule has 112 valence electrons. The van der Waals surface area contributed by atoms with Crippen LogP contribution >= 0.6 is 34.4 Å². The molecule has 8 heteroatoms. The maximum absolute atomic E-state index is 10.5. The number of urea groups is 1. The number of hydrogen-bond donors (Lipinski definition) is 2. The maximum atomic E-state index is 10.5. The average molecular weight is 348 g/mol. The predicted molar refractivity (Wildman–Crippen MR) is 93.8 cm³/mol. The number of thioether (sulfide) groups is 1. The van der Waals surface area contributed by atoms with Crippen LogP contribution in [0.1, 0.15) is 10.4 Å². The van der Waals surface area contributed by atoms with Gasteiger partial charge in [-0.2, -0.15) is 5.10 Å². The van der Waals surface area contributed by atoms with Crippen LogP contribution < -0.4 is 11.2 Å². The number of nitrogens with one attached hydrogen (secondary N) is 1. The van der Waals surface area contributed by atoms with Gasteiger partial charge in [0.25, 0.3) is 0 Å². The molecule has 0 spiro atoms. The minimum absolute atomic E-state index is 0.667. The number of hydrazone groups is 1. The van der Waals surface area contributed by atoms with Crippen LogP contribution in [0, 0.1) is 0 Å². The maximum Gasteiger partial charge on any atom is 0.332 e. The summed E-state index contributed by atoms with van der Waals surface area (Å²) in [5.41, 5.74) is 9.36. The molecule has 0 bridgehead atoms. The van der Waals surface area contributed by atoms with Crippen molar-refractivity contribution in [2.75, 3.05) is 0 Å². The van der Waals surface area contributed by atoms with Gasteiger partial charge in [-0.3, -0.25) is 0 Å². The van der Waals surface area contributed by atoms with E-state index < -0.39 is 6.03 Å². The zero-order chi connectivity index (χ0) is 15.4. The number of amides is 2. The Balaban J connectivity index is 1.60. The number of nitrogens with two attached hydrogens (primary N) is 1. The number of para-hydroxylation sites is 1. The minimum atomic E-state index is -0.667. The second kappa shape index (κ2) is 6.91. The Morgan fingerprint density at radius 2 is 2.32 bits per heavy atom. The van der Waals surface area contributed by atoms with E-state index in [1.54, 1.807) is 40.7 Å².